The van der Waals surface area contributed by atoms with Gasteiger partial charge in [-0.3, -0.25) is 9.59 Å². The first kappa shape index (κ1) is 21.6. The minimum Gasteiger partial charge on any atom is -0.382 e. The molecule has 0 radical (unpaired) electrons. The summed E-state index contributed by atoms with van der Waals surface area (Å²) in [6, 6.07) is 5.95. The number of aromatic nitrogens is 1. The van der Waals surface area contributed by atoms with Gasteiger partial charge >= 0.3 is 0 Å². The van der Waals surface area contributed by atoms with E-state index in [0.29, 0.717) is 17.9 Å². The molecule has 6 nitrogen and oxygen atoms in total. The van der Waals surface area contributed by atoms with Crippen LogP contribution in [0.2, 0.25) is 0 Å². The minimum absolute atomic E-state index is 0.0776. The number of anilines is 1. The molecule has 6 heteroatoms. The monoisotopic (exact) mass is 422 g/mol. The number of rotatable bonds is 1. The third-order valence-corrected chi connectivity index (χ3v) is 6.97. The van der Waals surface area contributed by atoms with E-state index in [0.717, 1.165) is 54.1 Å². The lowest BCUT2D eigenvalue weighted by Crippen LogP contribution is -2.34. The summed E-state index contributed by atoms with van der Waals surface area (Å²) in [5, 5.41) is 7.10. The number of nitrogens with two attached hydrogens (primary N) is 1. The maximum atomic E-state index is 13.1. The molecule has 1 aliphatic heterocycles. The molecule has 2 heterocycles. The molecule has 1 aromatic carbocycles. The van der Waals surface area contributed by atoms with Gasteiger partial charge in [-0.15, -0.1) is 0 Å². The Morgan fingerprint density at radius 1 is 1.19 bits per heavy atom. The summed E-state index contributed by atoms with van der Waals surface area (Å²) in [6.45, 7) is 12.4. The standard InChI is InChI=1S/C25H34N4O2/c1-14-13-27-9-8-20-15(2)23-21(11-25(4,5)12-22(23)30)29(20)17-6-7-18(24(26)31)19(10-17)28-16(14)3/h6-7,10,14,16,27-28H,8-9,11-13H2,1-5H3,(H2,26,31)/t14-,16+/m1/s1. The van der Waals surface area contributed by atoms with E-state index in [1.54, 1.807) is 0 Å². The SMILES string of the molecule is Cc1c2c(n3c1CCNC[C@@H](C)[C@H](C)Nc1cc-3ccc1C(N)=O)CC(C)(C)CC2=O. The predicted octanol–water partition coefficient (Wildman–Crippen LogP) is 3.62. The van der Waals surface area contributed by atoms with Crippen molar-refractivity contribution < 1.29 is 9.59 Å². The number of ketones is 1. The largest absolute Gasteiger partial charge is 0.382 e. The van der Waals surface area contributed by atoms with E-state index in [9.17, 15) is 9.59 Å². The average Bonchev–Trinajstić information content (AvgIpc) is 2.94. The molecule has 1 aromatic heterocycles. The Balaban J connectivity index is 1.96. The number of Topliss-reactive ketones (excluding diaryl/α,β-unsaturated/α-hetero) is 1. The van der Waals surface area contributed by atoms with Gasteiger partial charge in [-0.2, -0.15) is 0 Å². The van der Waals surface area contributed by atoms with Gasteiger partial charge in [0.25, 0.3) is 5.91 Å². The molecule has 2 bridgehead atoms. The summed E-state index contributed by atoms with van der Waals surface area (Å²) in [4.78, 5) is 25.2. The van der Waals surface area contributed by atoms with Crippen LogP contribution in [0.1, 0.15) is 71.8 Å². The Bertz CT molecular complexity index is 1050. The van der Waals surface area contributed by atoms with Crippen LogP contribution in [0.3, 0.4) is 0 Å². The second kappa shape index (κ2) is 7.83. The van der Waals surface area contributed by atoms with Gasteiger partial charge in [-0.05, 0) is 61.9 Å². The summed E-state index contributed by atoms with van der Waals surface area (Å²) < 4.78 is 2.26. The molecule has 4 rings (SSSR count). The second-order valence-corrected chi connectivity index (χ2v) is 10.1. The van der Waals surface area contributed by atoms with Crippen molar-refractivity contribution in [2.75, 3.05) is 18.4 Å². The summed E-state index contributed by atoms with van der Waals surface area (Å²) in [6.07, 6.45) is 2.26. The molecule has 2 aromatic rings. The molecule has 166 valence electrons. The van der Waals surface area contributed by atoms with Gasteiger partial charge in [0.1, 0.15) is 0 Å². The first-order chi connectivity index (χ1) is 14.6. The van der Waals surface area contributed by atoms with E-state index in [2.05, 4.69) is 49.8 Å². The lowest BCUT2D eigenvalue weighted by atomic mass is 9.75. The summed E-state index contributed by atoms with van der Waals surface area (Å²) in [5.74, 6) is 0.157. The lowest BCUT2D eigenvalue weighted by molar-refractivity contribution is 0.0909. The van der Waals surface area contributed by atoms with Gasteiger partial charge in [0, 0.05) is 53.8 Å². The molecule has 1 amide bonds. The number of benzene rings is 1. The highest BCUT2D eigenvalue weighted by Crippen LogP contribution is 2.40. The van der Waals surface area contributed by atoms with Crippen LogP contribution in [-0.2, 0) is 12.8 Å². The number of nitrogens with zero attached hydrogens (tertiary/aromatic N) is 1. The van der Waals surface area contributed by atoms with E-state index in [-0.39, 0.29) is 17.2 Å². The number of hydrogen-bond acceptors (Lipinski definition) is 4. The maximum Gasteiger partial charge on any atom is 0.250 e. The van der Waals surface area contributed by atoms with Gasteiger partial charge in [0.15, 0.2) is 5.78 Å². The van der Waals surface area contributed by atoms with Gasteiger partial charge in [-0.1, -0.05) is 20.8 Å². The molecule has 0 saturated heterocycles. The van der Waals surface area contributed by atoms with Crippen LogP contribution in [0.4, 0.5) is 5.69 Å². The Labute approximate surface area is 184 Å². The fourth-order valence-corrected chi connectivity index (χ4v) is 5.10. The molecule has 2 atom stereocenters. The molecule has 1 aliphatic carbocycles. The van der Waals surface area contributed by atoms with Crippen LogP contribution >= 0.6 is 0 Å². The Morgan fingerprint density at radius 2 is 1.94 bits per heavy atom. The number of carbonyl (C=O) groups is 2. The van der Waals surface area contributed by atoms with Crippen LogP contribution in [0.15, 0.2) is 18.2 Å². The van der Waals surface area contributed by atoms with E-state index in [1.165, 1.54) is 5.69 Å². The zero-order valence-corrected chi connectivity index (χ0v) is 19.3. The number of fused-ring (bicyclic) bond motifs is 6. The topological polar surface area (TPSA) is 89.2 Å². The molecule has 4 N–H and O–H groups in total. The van der Waals surface area contributed by atoms with Crippen molar-refractivity contribution in [3.8, 4) is 5.69 Å². The molecule has 2 aliphatic rings. The van der Waals surface area contributed by atoms with Gasteiger partial charge < -0.3 is 20.9 Å². The molecule has 0 fully saturated rings. The van der Waals surface area contributed by atoms with E-state index in [4.69, 9.17) is 5.73 Å². The van der Waals surface area contributed by atoms with Crippen molar-refractivity contribution >= 4 is 17.4 Å². The van der Waals surface area contributed by atoms with Crippen molar-refractivity contribution in [1.29, 1.82) is 0 Å². The predicted molar refractivity (Wildman–Crippen MR) is 124 cm³/mol. The van der Waals surface area contributed by atoms with Crippen LogP contribution in [0.5, 0.6) is 0 Å². The smallest absolute Gasteiger partial charge is 0.250 e. The second-order valence-electron chi connectivity index (χ2n) is 10.1. The van der Waals surface area contributed by atoms with Crippen molar-refractivity contribution in [3.63, 3.8) is 0 Å². The van der Waals surface area contributed by atoms with E-state index < -0.39 is 5.91 Å². The van der Waals surface area contributed by atoms with Gasteiger partial charge in [0.2, 0.25) is 0 Å². The van der Waals surface area contributed by atoms with Crippen molar-refractivity contribution in [2.45, 2.75) is 59.9 Å². The number of carbonyl (C=O) groups excluding carboxylic acids is 2. The Kier molecular flexibility index (Phi) is 5.46. The number of hydrogen-bond donors (Lipinski definition) is 3. The zero-order chi connectivity index (χ0) is 22.5. The fourth-order valence-electron chi connectivity index (χ4n) is 5.10. The van der Waals surface area contributed by atoms with Crippen molar-refractivity contribution in [2.24, 2.45) is 17.1 Å². The number of nitrogens with one attached hydrogen (secondary N) is 2. The van der Waals surface area contributed by atoms with Crippen molar-refractivity contribution in [3.05, 3.63) is 46.3 Å². The van der Waals surface area contributed by atoms with Gasteiger partial charge in [-0.25, -0.2) is 0 Å². The van der Waals surface area contributed by atoms with E-state index in [1.807, 2.05) is 18.2 Å². The molecular formula is C25H34N4O2. The first-order valence-corrected chi connectivity index (χ1v) is 11.3. The normalized spacial score (nSPS) is 23.1. The third-order valence-electron chi connectivity index (χ3n) is 6.97. The minimum atomic E-state index is -0.443. The number of amides is 1. The summed E-state index contributed by atoms with van der Waals surface area (Å²) >= 11 is 0. The molecular weight excluding hydrogens is 388 g/mol. The Morgan fingerprint density at radius 3 is 2.65 bits per heavy atom. The zero-order valence-electron chi connectivity index (χ0n) is 19.3. The average molecular weight is 423 g/mol. The molecule has 31 heavy (non-hydrogen) atoms. The first-order valence-electron chi connectivity index (χ1n) is 11.3. The highest BCUT2D eigenvalue weighted by Gasteiger charge is 2.36. The molecule has 0 unspecified atom stereocenters. The van der Waals surface area contributed by atoms with Crippen LogP contribution in [0.25, 0.3) is 5.69 Å². The van der Waals surface area contributed by atoms with Crippen LogP contribution in [-0.4, -0.2) is 35.4 Å². The summed E-state index contributed by atoms with van der Waals surface area (Å²) in [5.41, 5.74) is 12.0. The fraction of sp³-hybridized carbons (Fsp3) is 0.520. The highest BCUT2D eigenvalue weighted by atomic mass is 16.1. The van der Waals surface area contributed by atoms with Crippen molar-refractivity contribution in [1.82, 2.24) is 9.88 Å². The highest BCUT2D eigenvalue weighted by molar-refractivity contribution is 6.01. The molecule has 0 saturated carbocycles. The molecule has 0 spiro atoms. The lowest BCUT2D eigenvalue weighted by Gasteiger charge is -2.30. The quantitative estimate of drug-likeness (QED) is 0.655. The maximum absolute atomic E-state index is 13.1. The Hall–Kier alpha value is -2.60. The van der Waals surface area contributed by atoms with Crippen LogP contribution in [0, 0.1) is 18.3 Å². The van der Waals surface area contributed by atoms with E-state index >= 15 is 0 Å². The van der Waals surface area contributed by atoms with Crippen LogP contribution < -0.4 is 16.4 Å². The summed E-state index contributed by atoms with van der Waals surface area (Å²) in [7, 11) is 0. The van der Waals surface area contributed by atoms with Gasteiger partial charge in [0.05, 0.1) is 5.56 Å². The number of primary amides is 1. The third kappa shape index (κ3) is 3.89.